The van der Waals surface area contributed by atoms with Crippen LogP contribution in [0.2, 0.25) is 0 Å². The Balaban J connectivity index is 1.45. The smallest absolute Gasteiger partial charge is 0.256 e. The lowest BCUT2D eigenvalue weighted by atomic mass is 10.1. The number of aryl methyl sites for hydroxylation is 1. The van der Waals surface area contributed by atoms with Gasteiger partial charge in [0.2, 0.25) is 0 Å². The first-order chi connectivity index (χ1) is 13.2. The van der Waals surface area contributed by atoms with Crippen molar-refractivity contribution in [2.75, 3.05) is 13.1 Å². The van der Waals surface area contributed by atoms with Crippen molar-refractivity contribution in [1.82, 2.24) is 24.6 Å². The lowest BCUT2D eigenvalue weighted by molar-refractivity contribution is 0.0437. The molecule has 1 atom stereocenters. The van der Waals surface area contributed by atoms with E-state index in [1.165, 1.54) is 0 Å². The molecule has 1 fully saturated rings. The third-order valence-electron chi connectivity index (χ3n) is 4.75. The zero-order valence-corrected chi connectivity index (χ0v) is 15.2. The maximum atomic E-state index is 13.1. The summed E-state index contributed by atoms with van der Waals surface area (Å²) in [6, 6.07) is 9.71. The highest BCUT2D eigenvalue weighted by molar-refractivity contribution is 5.98. The highest BCUT2D eigenvalue weighted by Gasteiger charge is 2.29. The van der Waals surface area contributed by atoms with E-state index < -0.39 is 0 Å². The number of hydrogen-bond donors (Lipinski definition) is 0. The van der Waals surface area contributed by atoms with Crippen LogP contribution in [0.5, 0.6) is 0 Å². The maximum absolute atomic E-state index is 13.1. The predicted octanol–water partition coefficient (Wildman–Crippen LogP) is 2.40. The van der Waals surface area contributed by atoms with E-state index >= 15 is 0 Å². The summed E-state index contributed by atoms with van der Waals surface area (Å²) < 4.78 is 7.75. The van der Waals surface area contributed by atoms with Gasteiger partial charge in [-0.3, -0.25) is 14.3 Å². The minimum atomic E-state index is 0.0115. The highest BCUT2D eigenvalue weighted by Crippen LogP contribution is 2.22. The zero-order chi connectivity index (χ0) is 18.6. The van der Waals surface area contributed by atoms with Gasteiger partial charge in [0, 0.05) is 25.5 Å². The van der Waals surface area contributed by atoms with Crippen molar-refractivity contribution in [3.05, 3.63) is 72.1 Å². The van der Waals surface area contributed by atoms with Crippen LogP contribution in [0.1, 0.15) is 27.9 Å². The van der Waals surface area contributed by atoms with Gasteiger partial charge in [-0.25, -0.2) is 0 Å². The monoisotopic (exact) mass is 363 g/mol. The number of nitrogens with zero attached hydrogens (tertiary/aromatic N) is 5. The Morgan fingerprint density at radius 3 is 2.74 bits per heavy atom. The molecule has 0 saturated carbocycles. The number of ether oxygens (including phenoxy) is 1. The largest absolute Gasteiger partial charge is 0.372 e. The number of carbonyl (C=O) groups is 1. The Hall–Kier alpha value is -3.06. The first-order valence-corrected chi connectivity index (χ1v) is 8.96. The van der Waals surface area contributed by atoms with Crippen molar-refractivity contribution >= 4 is 5.91 Å². The Morgan fingerprint density at radius 2 is 1.96 bits per heavy atom. The quantitative estimate of drug-likeness (QED) is 0.696. The van der Waals surface area contributed by atoms with Crippen LogP contribution in [-0.2, 0) is 11.3 Å². The number of likely N-dealkylation sites (tertiary alicyclic amines) is 1. The Bertz CT molecular complexity index is 911. The molecule has 1 aliphatic heterocycles. The summed E-state index contributed by atoms with van der Waals surface area (Å²) in [4.78, 5) is 19.0. The summed E-state index contributed by atoms with van der Waals surface area (Å²) in [6.45, 7) is 3.80. The number of aromatic nitrogens is 4. The molecule has 1 amide bonds. The Labute approximate surface area is 157 Å². The fraction of sp³-hybridized carbons (Fsp3) is 0.300. The van der Waals surface area contributed by atoms with Gasteiger partial charge in [0.1, 0.15) is 12.7 Å². The van der Waals surface area contributed by atoms with Crippen LogP contribution in [-0.4, -0.2) is 49.7 Å². The second-order valence-electron chi connectivity index (χ2n) is 6.72. The number of benzene rings is 1. The van der Waals surface area contributed by atoms with E-state index in [0.717, 1.165) is 23.2 Å². The van der Waals surface area contributed by atoms with Crippen molar-refractivity contribution in [3.8, 4) is 5.69 Å². The second-order valence-corrected chi connectivity index (χ2v) is 6.72. The molecule has 7 nitrogen and oxygen atoms in total. The number of rotatable bonds is 5. The molecule has 0 radical (unpaired) electrons. The van der Waals surface area contributed by atoms with Crippen molar-refractivity contribution in [2.24, 2.45) is 0 Å². The van der Waals surface area contributed by atoms with Crippen molar-refractivity contribution in [3.63, 3.8) is 0 Å². The summed E-state index contributed by atoms with van der Waals surface area (Å²) in [7, 11) is 0. The standard InChI is InChI=1S/C20H21N5O2/c1-15-2-3-19(25-13-22-23-14-25)18(10-15)20(26)24-9-6-17(11-24)27-12-16-4-7-21-8-5-16/h2-5,7-8,10,13-14,17H,6,9,11-12H2,1H3. The molecular formula is C20H21N5O2. The van der Waals surface area contributed by atoms with Crippen LogP contribution in [0.25, 0.3) is 5.69 Å². The SMILES string of the molecule is Cc1ccc(-n2cnnc2)c(C(=O)N2CCC(OCc3ccncc3)C2)c1. The predicted molar refractivity (Wildman–Crippen MR) is 99.4 cm³/mol. The fourth-order valence-corrected chi connectivity index (χ4v) is 3.28. The molecule has 3 heterocycles. The van der Waals surface area contributed by atoms with Crippen LogP contribution in [0.3, 0.4) is 0 Å². The number of hydrogen-bond acceptors (Lipinski definition) is 5. The van der Waals surface area contributed by atoms with E-state index in [-0.39, 0.29) is 12.0 Å². The minimum absolute atomic E-state index is 0.0115. The Morgan fingerprint density at radius 1 is 1.19 bits per heavy atom. The van der Waals surface area contributed by atoms with Gasteiger partial charge in [0.05, 0.1) is 24.0 Å². The van der Waals surface area contributed by atoms with Crippen molar-refractivity contribution in [2.45, 2.75) is 26.1 Å². The maximum Gasteiger partial charge on any atom is 0.256 e. The van der Waals surface area contributed by atoms with Crippen LogP contribution in [0.15, 0.2) is 55.4 Å². The molecule has 7 heteroatoms. The molecule has 0 bridgehead atoms. The Kier molecular flexibility index (Phi) is 4.93. The first kappa shape index (κ1) is 17.4. The number of carbonyl (C=O) groups excluding carboxylic acids is 1. The van der Waals surface area contributed by atoms with E-state index in [9.17, 15) is 4.79 Å². The zero-order valence-electron chi connectivity index (χ0n) is 15.2. The van der Waals surface area contributed by atoms with Crippen molar-refractivity contribution in [1.29, 1.82) is 0 Å². The molecule has 1 aliphatic rings. The molecule has 1 aromatic carbocycles. The molecule has 138 valence electrons. The van der Waals surface area contributed by atoms with E-state index in [4.69, 9.17) is 4.74 Å². The summed E-state index contributed by atoms with van der Waals surface area (Å²) in [5.41, 5.74) is 3.57. The van der Waals surface area contributed by atoms with Gasteiger partial charge in [0.25, 0.3) is 5.91 Å². The topological polar surface area (TPSA) is 73.1 Å². The summed E-state index contributed by atoms with van der Waals surface area (Å²) in [5, 5.41) is 7.70. The van der Waals surface area contributed by atoms with E-state index in [0.29, 0.717) is 25.3 Å². The van der Waals surface area contributed by atoms with Gasteiger partial charge >= 0.3 is 0 Å². The van der Waals surface area contributed by atoms with E-state index in [1.54, 1.807) is 29.6 Å². The van der Waals surface area contributed by atoms with Gasteiger partial charge < -0.3 is 9.64 Å². The molecule has 1 unspecified atom stereocenters. The van der Waals surface area contributed by atoms with E-state index in [2.05, 4.69) is 15.2 Å². The third-order valence-corrected chi connectivity index (χ3v) is 4.75. The van der Waals surface area contributed by atoms with Gasteiger partial charge in [-0.1, -0.05) is 11.6 Å². The first-order valence-electron chi connectivity index (χ1n) is 8.96. The molecule has 0 spiro atoms. The molecule has 4 rings (SSSR count). The average molecular weight is 363 g/mol. The lowest BCUT2D eigenvalue weighted by Gasteiger charge is -2.19. The third kappa shape index (κ3) is 3.88. The average Bonchev–Trinajstić information content (AvgIpc) is 3.39. The minimum Gasteiger partial charge on any atom is -0.372 e. The molecule has 0 aliphatic carbocycles. The van der Waals surface area contributed by atoms with Crippen molar-refractivity contribution < 1.29 is 9.53 Å². The van der Waals surface area contributed by atoms with Gasteiger partial charge in [-0.15, -0.1) is 10.2 Å². The highest BCUT2D eigenvalue weighted by atomic mass is 16.5. The molecular weight excluding hydrogens is 342 g/mol. The number of amides is 1. The van der Waals surface area contributed by atoms with Gasteiger partial charge in [0.15, 0.2) is 0 Å². The molecule has 1 saturated heterocycles. The molecule has 3 aromatic rings. The molecule has 0 N–H and O–H groups in total. The normalized spacial score (nSPS) is 16.6. The summed E-state index contributed by atoms with van der Waals surface area (Å²) in [5.74, 6) is 0.0115. The lowest BCUT2D eigenvalue weighted by Crippen LogP contribution is -2.31. The molecule has 27 heavy (non-hydrogen) atoms. The molecule has 2 aromatic heterocycles. The fourth-order valence-electron chi connectivity index (χ4n) is 3.28. The number of pyridine rings is 1. The van der Waals surface area contributed by atoms with Crippen LogP contribution in [0.4, 0.5) is 0 Å². The van der Waals surface area contributed by atoms with Gasteiger partial charge in [-0.2, -0.15) is 0 Å². The summed E-state index contributed by atoms with van der Waals surface area (Å²) in [6.07, 6.45) is 7.61. The van der Waals surface area contributed by atoms with Gasteiger partial charge in [-0.05, 0) is 43.2 Å². The van der Waals surface area contributed by atoms with E-state index in [1.807, 2.05) is 42.2 Å². The van der Waals surface area contributed by atoms with Crippen LogP contribution < -0.4 is 0 Å². The summed E-state index contributed by atoms with van der Waals surface area (Å²) >= 11 is 0. The second kappa shape index (κ2) is 7.67. The van der Waals surface area contributed by atoms with Crippen LogP contribution >= 0.6 is 0 Å². The van der Waals surface area contributed by atoms with Crippen LogP contribution in [0, 0.1) is 6.92 Å².